The number of anilines is 1. The number of benzene rings is 4. The van der Waals surface area contributed by atoms with Crippen molar-refractivity contribution in [3.8, 4) is 5.75 Å². The highest BCUT2D eigenvalue weighted by molar-refractivity contribution is 6.30. The van der Waals surface area contributed by atoms with E-state index in [1.165, 1.54) is 21.9 Å². The van der Waals surface area contributed by atoms with Crippen LogP contribution in [0, 0.1) is 6.92 Å². The molecule has 0 atom stereocenters. The Kier molecular flexibility index (Phi) is 5.50. The molecule has 0 radical (unpaired) electrons. The van der Waals surface area contributed by atoms with Gasteiger partial charge in [0.05, 0.1) is 0 Å². The fourth-order valence-electron chi connectivity index (χ4n) is 3.34. The van der Waals surface area contributed by atoms with Crippen LogP contribution < -0.4 is 10.1 Å². The molecule has 4 aromatic rings. The van der Waals surface area contributed by atoms with Gasteiger partial charge < -0.3 is 10.1 Å². The van der Waals surface area contributed by atoms with Gasteiger partial charge in [-0.05, 0) is 47.0 Å². The Hall–Kier alpha value is -2.97. The monoisotopic (exact) mass is 387 g/mol. The van der Waals surface area contributed by atoms with Crippen molar-refractivity contribution in [3.63, 3.8) is 0 Å². The molecular formula is C25H22ClNO. The summed E-state index contributed by atoms with van der Waals surface area (Å²) in [6.07, 6.45) is 0. The SMILES string of the molecule is Cc1ccc(Cl)cc1NCc1ccccc1OCc1cccc2ccccc12. The van der Waals surface area contributed by atoms with Crippen LogP contribution in [-0.2, 0) is 13.2 Å². The van der Waals surface area contributed by atoms with Gasteiger partial charge in [-0.1, -0.05) is 78.3 Å². The quantitative estimate of drug-likeness (QED) is 0.384. The lowest BCUT2D eigenvalue weighted by molar-refractivity contribution is 0.304. The van der Waals surface area contributed by atoms with E-state index in [4.69, 9.17) is 16.3 Å². The Morgan fingerprint density at radius 3 is 2.50 bits per heavy atom. The highest BCUT2D eigenvalue weighted by Gasteiger charge is 2.07. The molecule has 0 fully saturated rings. The molecule has 0 amide bonds. The molecule has 0 aliphatic carbocycles. The molecule has 4 rings (SSSR count). The predicted molar refractivity (Wildman–Crippen MR) is 118 cm³/mol. The lowest BCUT2D eigenvalue weighted by atomic mass is 10.1. The van der Waals surface area contributed by atoms with Gasteiger partial charge in [0.2, 0.25) is 0 Å². The van der Waals surface area contributed by atoms with E-state index in [9.17, 15) is 0 Å². The predicted octanol–water partition coefficient (Wildman–Crippen LogP) is 6.99. The first-order valence-electron chi connectivity index (χ1n) is 9.38. The summed E-state index contributed by atoms with van der Waals surface area (Å²) >= 11 is 6.13. The van der Waals surface area contributed by atoms with Gasteiger partial charge in [-0.3, -0.25) is 0 Å². The Bertz CT molecular complexity index is 1100. The Balaban J connectivity index is 1.51. The molecule has 0 spiro atoms. The maximum atomic E-state index is 6.21. The summed E-state index contributed by atoms with van der Waals surface area (Å²) in [5, 5.41) is 6.67. The molecule has 3 heteroatoms. The molecule has 0 unspecified atom stereocenters. The molecule has 0 saturated heterocycles. The highest BCUT2D eigenvalue weighted by Crippen LogP contribution is 2.25. The molecule has 0 saturated carbocycles. The molecule has 140 valence electrons. The summed E-state index contributed by atoms with van der Waals surface area (Å²) in [6.45, 7) is 3.28. The number of halogens is 1. The molecule has 1 N–H and O–H groups in total. The first kappa shape index (κ1) is 18.4. The Morgan fingerprint density at radius 1 is 0.821 bits per heavy atom. The van der Waals surface area contributed by atoms with Gasteiger partial charge >= 0.3 is 0 Å². The third kappa shape index (κ3) is 4.13. The van der Waals surface area contributed by atoms with Crippen LogP contribution in [-0.4, -0.2) is 0 Å². The number of rotatable bonds is 6. The van der Waals surface area contributed by atoms with Crippen LogP contribution in [0.4, 0.5) is 5.69 Å². The largest absolute Gasteiger partial charge is 0.489 e. The zero-order chi connectivity index (χ0) is 19.3. The number of hydrogen-bond donors (Lipinski definition) is 1. The molecule has 4 aromatic carbocycles. The maximum absolute atomic E-state index is 6.21. The lowest BCUT2D eigenvalue weighted by Gasteiger charge is -2.15. The molecular weight excluding hydrogens is 366 g/mol. The molecule has 0 aliphatic heterocycles. The first-order chi connectivity index (χ1) is 13.7. The minimum Gasteiger partial charge on any atom is -0.489 e. The van der Waals surface area contributed by atoms with Crippen LogP contribution >= 0.6 is 11.6 Å². The van der Waals surface area contributed by atoms with Crippen molar-refractivity contribution in [3.05, 3.63) is 107 Å². The van der Waals surface area contributed by atoms with E-state index in [0.717, 1.165) is 22.0 Å². The second-order valence-electron chi connectivity index (χ2n) is 6.85. The smallest absolute Gasteiger partial charge is 0.124 e. The summed E-state index contributed by atoms with van der Waals surface area (Å²) in [5.74, 6) is 0.891. The topological polar surface area (TPSA) is 21.3 Å². The van der Waals surface area contributed by atoms with Crippen LogP contribution in [0.15, 0.2) is 84.9 Å². The molecule has 0 aromatic heterocycles. The zero-order valence-corrected chi connectivity index (χ0v) is 16.5. The van der Waals surface area contributed by atoms with Crippen LogP contribution in [0.1, 0.15) is 16.7 Å². The number of ether oxygens (including phenoxy) is 1. The van der Waals surface area contributed by atoms with Crippen molar-refractivity contribution >= 4 is 28.1 Å². The average Bonchev–Trinajstić information content (AvgIpc) is 2.73. The molecule has 0 aliphatic rings. The molecule has 2 nitrogen and oxygen atoms in total. The van der Waals surface area contributed by atoms with Gasteiger partial charge in [-0.2, -0.15) is 0 Å². The number of nitrogens with one attached hydrogen (secondary N) is 1. The molecule has 0 bridgehead atoms. The number of para-hydroxylation sites is 1. The third-order valence-electron chi connectivity index (χ3n) is 4.90. The summed E-state index contributed by atoms with van der Waals surface area (Å²) in [5.41, 5.74) is 4.50. The number of fused-ring (bicyclic) bond motifs is 1. The second kappa shape index (κ2) is 8.37. The van der Waals surface area contributed by atoms with E-state index in [1.54, 1.807) is 0 Å². The molecule has 28 heavy (non-hydrogen) atoms. The minimum absolute atomic E-state index is 0.536. The fourth-order valence-corrected chi connectivity index (χ4v) is 3.51. The van der Waals surface area contributed by atoms with E-state index in [-0.39, 0.29) is 0 Å². The zero-order valence-electron chi connectivity index (χ0n) is 15.8. The minimum atomic E-state index is 0.536. The number of hydrogen-bond acceptors (Lipinski definition) is 2. The van der Waals surface area contributed by atoms with Gasteiger partial charge in [0.15, 0.2) is 0 Å². The van der Waals surface area contributed by atoms with E-state index < -0.39 is 0 Å². The summed E-state index contributed by atoms with van der Waals surface area (Å²) in [7, 11) is 0. The lowest BCUT2D eigenvalue weighted by Crippen LogP contribution is -2.04. The van der Waals surface area contributed by atoms with Gasteiger partial charge in [0, 0.05) is 22.8 Å². The van der Waals surface area contributed by atoms with Crippen LogP contribution in [0.5, 0.6) is 5.75 Å². The van der Waals surface area contributed by atoms with Crippen LogP contribution in [0.25, 0.3) is 10.8 Å². The van der Waals surface area contributed by atoms with Crippen molar-refractivity contribution in [2.45, 2.75) is 20.1 Å². The van der Waals surface area contributed by atoms with E-state index in [0.29, 0.717) is 13.2 Å². The van der Waals surface area contributed by atoms with E-state index in [1.807, 2.05) is 36.4 Å². The highest BCUT2D eigenvalue weighted by atomic mass is 35.5. The summed E-state index contributed by atoms with van der Waals surface area (Å²) in [4.78, 5) is 0. The third-order valence-corrected chi connectivity index (χ3v) is 5.14. The van der Waals surface area contributed by atoms with Gasteiger partial charge in [0.25, 0.3) is 0 Å². The van der Waals surface area contributed by atoms with E-state index >= 15 is 0 Å². The summed E-state index contributed by atoms with van der Waals surface area (Å²) < 4.78 is 6.21. The summed E-state index contributed by atoms with van der Waals surface area (Å²) in [6, 6.07) is 28.8. The van der Waals surface area contributed by atoms with Crippen LogP contribution in [0.2, 0.25) is 5.02 Å². The Labute approximate surface area is 170 Å². The maximum Gasteiger partial charge on any atom is 0.124 e. The van der Waals surface area contributed by atoms with Crippen molar-refractivity contribution in [2.75, 3.05) is 5.32 Å². The van der Waals surface area contributed by atoms with Gasteiger partial charge in [0.1, 0.15) is 12.4 Å². The van der Waals surface area contributed by atoms with Crippen molar-refractivity contribution in [1.29, 1.82) is 0 Å². The number of aryl methyl sites for hydroxylation is 1. The fraction of sp³-hybridized carbons (Fsp3) is 0.120. The first-order valence-corrected chi connectivity index (χ1v) is 9.76. The normalized spacial score (nSPS) is 10.8. The van der Waals surface area contributed by atoms with Gasteiger partial charge in [-0.25, -0.2) is 0 Å². The second-order valence-corrected chi connectivity index (χ2v) is 7.28. The van der Waals surface area contributed by atoms with Crippen molar-refractivity contribution in [2.24, 2.45) is 0 Å². The average molecular weight is 388 g/mol. The molecule has 0 heterocycles. The van der Waals surface area contributed by atoms with Crippen LogP contribution in [0.3, 0.4) is 0 Å². The Morgan fingerprint density at radius 2 is 1.57 bits per heavy atom. The van der Waals surface area contributed by atoms with Gasteiger partial charge in [-0.15, -0.1) is 0 Å². The standard InChI is InChI=1S/C25H22ClNO/c1-18-13-14-22(26)15-24(18)27-16-20-8-3-5-12-25(20)28-17-21-10-6-9-19-7-2-4-11-23(19)21/h2-15,27H,16-17H2,1H3. The van der Waals surface area contributed by atoms with Crippen molar-refractivity contribution < 1.29 is 4.74 Å². The van der Waals surface area contributed by atoms with Crippen molar-refractivity contribution in [1.82, 2.24) is 0 Å². The van der Waals surface area contributed by atoms with E-state index in [2.05, 4.69) is 60.8 Å².